The Bertz CT molecular complexity index is 566. The predicted molar refractivity (Wildman–Crippen MR) is 88.9 cm³/mol. The summed E-state index contributed by atoms with van der Waals surface area (Å²) in [6.45, 7) is 7.03. The third-order valence-electron chi connectivity index (χ3n) is 3.25. The van der Waals surface area contributed by atoms with E-state index >= 15 is 0 Å². The molecule has 0 aromatic heterocycles. The van der Waals surface area contributed by atoms with Gasteiger partial charge in [-0.1, -0.05) is 35.9 Å². The first-order valence-corrected chi connectivity index (χ1v) is 7.67. The summed E-state index contributed by atoms with van der Waals surface area (Å²) in [6, 6.07) is 16.4. The first-order chi connectivity index (χ1) is 10.0. The van der Waals surface area contributed by atoms with Gasteiger partial charge in [-0.3, -0.25) is 0 Å². The first kappa shape index (κ1) is 15.9. The zero-order valence-electron chi connectivity index (χ0n) is 12.8. The average Bonchev–Trinajstić information content (AvgIpc) is 2.45. The molecule has 0 spiro atoms. The maximum Gasteiger partial charge on any atom is 0.120 e. The molecule has 0 fully saturated rings. The van der Waals surface area contributed by atoms with Crippen molar-refractivity contribution < 1.29 is 4.74 Å². The van der Waals surface area contributed by atoms with Crippen molar-refractivity contribution in [1.82, 2.24) is 5.32 Å². The lowest BCUT2D eigenvalue weighted by atomic mass is 10.1. The van der Waals surface area contributed by atoms with Gasteiger partial charge in [0.15, 0.2) is 0 Å². The summed E-state index contributed by atoms with van der Waals surface area (Å²) < 4.78 is 5.72. The van der Waals surface area contributed by atoms with E-state index < -0.39 is 0 Å². The summed E-state index contributed by atoms with van der Waals surface area (Å²) in [5, 5.41) is 4.28. The van der Waals surface area contributed by atoms with Gasteiger partial charge in [0.1, 0.15) is 5.75 Å². The molecule has 0 saturated heterocycles. The van der Waals surface area contributed by atoms with E-state index in [0.29, 0.717) is 0 Å². The number of ether oxygens (including phenoxy) is 1. The van der Waals surface area contributed by atoms with E-state index in [1.165, 1.54) is 11.1 Å². The van der Waals surface area contributed by atoms with Crippen LogP contribution >= 0.6 is 11.6 Å². The van der Waals surface area contributed by atoms with E-state index in [2.05, 4.69) is 36.5 Å². The van der Waals surface area contributed by atoms with Crippen LogP contribution in [0.5, 0.6) is 5.75 Å². The molecule has 0 aliphatic heterocycles. The van der Waals surface area contributed by atoms with Crippen molar-refractivity contribution in [3.8, 4) is 5.75 Å². The van der Waals surface area contributed by atoms with E-state index in [1.807, 2.05) is 38.1 Å². The maximum absolute atomic E-state index is 5.91. The van der Waals surface area contributed by atoms with Gasteiger partial charge in [0.2, 0.25) is 0 Å². The summed E-state index contributed by atoms with van der Waals surface area (Å²) in [5.74, 6) is 0.920. The normalized spacial score (nSPS) is 12.4. The maximum atomic E-state index is 5.91. The molecule has 1 atom stereocenters. The van der Waals surface area contributed by atoms with E-state index in [0.717, 1.165) is 17.3 Å². The van der Waals surface area contributed by atoms with Gasteiger partial charge in [-0.05, 0) is 56.2 Å². The molecule has 2 nitrogen and oxygen atoms in total. The molecule has 0 radical (unpaired) electrons. The zero-order valence-corrected chi connectivity index (χ0v) is 13.5. The van der Waals surface area contributed by atoms with Crippen LogP contribution in [0, 0.1) is 0 Å². The largest absolute Gasteiger partial charge is 0.491 e. The van der Waals surface area contributed by atoms with Gasteiger partial charge in [-0.2, -0.15) is 0 Å². The molecule has 21 heavy (non-hydrogen) atoms. The molecule has 1 N–H and O–H groups in total. The fraction of sp³-hybridized carbons (Fsp3) is 0.333. The van der Waals surface area contributed by atoms with Gasteiger partial charge in [-0.25, -0.2) is 0 Å². The Morgan fingerprint density at radius 1 is 1.05 bits per heavy atom. The number of halogens is 1. The van der Waals surface area contributed by atoms with E-state index in [9.17, 15) is 0 Å². The molecule has 0 aliphatic rings. The lowest BCUT2D eigenvalue weighted by Crippen LogP contribution is -2.18. The first-order valence-electron chi connectivity index (χ1n) is 7.29. The highest BCUT2D eigenvalue weighted by Gasteiger charge is 2.05. The number of benzene rings is 2. The molecule has 0 saturated carbocycles. The van der Waals surface area contributed by atoms with Crippen molar-refractivity contribution in [2.24, 2.45) is 0 Å². The fourth-order valence-corrected chi connectivity index (χ4v) is 2.27. The van der Waals surface area contributed by atoms with Gasteiger partial charge in [0.05, 0.1) is 6.10 Å². The lowest BCUT2D eigenvalue weighted by Gasteiger charge is -2.15. The van der Waals surface area contributed by atoms with Crippen LogP contribution in [-0.4, -0.2) is 6.10 Å². The molecule has 0 bridgehead atoms. The molecule has 2 aromatic carbocycles. The Morgan fingerprint density at radius 2 is 1.76 bits per heavy atom. The second kappa shape index (κ2) is 7.48. The smallest absolute Gasteiger partial charge is 0.120 e. The van der Waals surface area contributed by atoms with Crippen LogP contribution in [0.3, 0.4) is 0 Å². The number of rotatable bonds is 6. The Morgan fingerprint density at radius 3 is 2.43 bits per heavy atom. The lowest BCUT2D eigenvalue weighted by molar-refractivity contribution is 0.242. The Balaban J connectivity index is 1.94. The van der Waals surface area contributed by atoms with Gasteiger partial charge in [0, 0.05) is 17.6 Å². The number of hydrogen-bond acceptors (Lipinski definition) is 2. The molecular formula is C18H22ClNO. The second-order valence-electron chi connectivity index (χ2n) is 5.47. The highest BCUT2D eigenvalue weighted by atomic mass is 35.5. The quantitative estimate of drug-likeness (QED) is 0.813. The summed E-state index contributed by atoms with van der Waals surface area (Å²) in [5.41, 5.74) is 2.45. The summed E-state index contributed by atoms with van der Waals surface area (Å²) >= 11 is 5.91. The van der Waals surface area contributed by atoms with Gasteiger partial charge in [-0.15, -0.1) is 0 Å². The van der Waals surface area contributed by atoms with Crippen molar-refractivity contribution in [3.05, 3.63) is 64.7 Å². The zero-order chi connectivity index (χ0) is 15.2. The summed E-state index contributed by atoms with van der Waals surface area (Å²) in [7, 11) is 0. The van der Waals surface area contributed by atoms with Crippen molar-refractivity contribution >= 4 is 11.6 Å². The highest BCUT2D eigenvalue weighted by Crippen LogP contribution is 2.18. The molecular weight excluding hydrogens is 282 g/mol. The summed E-state index contributed by atoms with van der Waals surface area (Å²) in [4.78, 5) is 0. The Hall–Kier alpha value is -1.51. The molecule has 0 amide bonds. The molecule has 0 aliphatic carbocycles. The standard InChI is InChI=1S/C18H22ClNO/c1-13(2)21-18-6-4-5-15(11-18)12-20-14(3)16-7-9-17(19)10-8-16/h4-11,13-14,20H,12H2,1-3H3. The topological polar surface area (TPSA) is 21.3 Å². The third kappa shape index (κ3) is 5.07. The summed E-state index contributed by atoms with van der Waals surface area (Å²) in [6.07, 6.45) is 0.196. The predicted octanol–water partition coefficient (Wildman–Crippen LogP) is 4.98. The third-order valence-corrected chi connectivity index (χ3v) is 3.50. The monoisotopic (exact) mass is 303 g/mol. The fourth-order valence-electron chi connectivity index (χ4n) is 2.14. The second-order valence-corrected chi connectivity index (χ2v) is 5.90. The van der Waals surface area contributed by atoms with Crippen molar-refractivity contribution in [3.63, 3.8) is 0 Å². The van der Waals surface area contributed by atoms with Crippen molar-refractivity contribution in [2.75, 3.05) is 0 Å². The number of nitrogens with one attached hydrogen (secondary N) is 1. The van der Waals surface area contributed by atoms with Crippen molar-refractivity contribution in [2.45, 2.75) is 39.5 Å². The van der Waals surface area contributed by atoms with Crippen LogP contribution in [0.2, 0.25) is 5.02 Å². The van der Waals surface area contributed by atoms with Crippen LogP contribution < -0.4 is 10.1 Å². The molecule has 2 aromatic rings. The average molecular weight is 304 g/mol. The number of hydrogen-bond donors (Lipinski definition) is 1. The van der Waals surface area contributed by atoms with Gasteiger partial charge >= 0.3 is 0 Å². The van der Waals surface area contributed by atoms with E-state index in [-0.39, 0.29) is 12.1 Å². The SMILES string of the molecule is CC(C)Oc1cccc(CNC(C)c2ccc(Cl)cc2)c1. The molecule has 1 unspecified atom stereocenters. The van der Waals surface area contributed by atoms with Crippen LogP contribution in [0.25, 0.3) is 0 Å². The molecule has 0 heterocycles. The minimum absolute atomic E-state index is 0.196. The molecule has 112 valence electrons. The van der Waals surface area contributed by atoms with Crippen molar-refractivity contribution in [1.29, 1.82) is 0 Å². The molecule has 2 rings (SSSR count). The van der Waals surface area contributed by atoms with Crippen LogP contribution in [0.15, 0.2) is 48.5 Å². The van der Waals surface area contributed by atoms with Crippen LogP contribution in [0.4, 0.5) is 0 Å². The highest BCUT2D eigenvalue weighted by molar-refractivity contribution is 6.30. The van der Waals surface area contributed by atoms with Gasteiger partial charge < -0.3 is 10.1 Å². The minimum Gasteiger partial charge on any atom is -0.491 e. The van der Waals surface area contributed by atoms with Crippen LogP contribution in [-0.2, 0) is 6.54 Å². The van der Waals surface area contributed by atoms with Gasteiger partial charge in [0.25, 0.3) is 0 Å². The van der Waals surface area contributed by atoms with E-state index in [1.54, 1.807) is 0 Å². The Labute approximate surface area is 132 Å². The van der Waals surface area contributed by atoms with Crippen LogP contribution in [0.1, 0.15) is 37.9 Å². The Kier molecular flexibility index (Phi) is 5.66. The van der Waals surface area contributed by atoms with E-state index in [4.69, 9.17) is 16.3 Å². The molecule has 3 heteroatoms. The minimum atomic E-state index is 0.196.